The van der Waals surface area contributed by atoms with Crippen molar-refractivity contribution in [2.45, 2.75) is 19.8 Å². The molecule has 0 bridgehead atoms. The molecule has 0 aliphatic carbocycles. The van der Waals surface area contributed by atoms with Gasteiger partial charge in [0.15, 0.2) is 0 Å². The predicted octanol–water partition coefficient (Wildman–Crippen LogP) is 1.84. The van der Waals surface area contributed by atoms with E-state index in [1.165, 1.54) is 0 Å². The Hall–Kier alpha value is -1.71. The molecule has 0 unspecified atom stereocenters. The Labute approximate surface area is 96.2 Å². The van der Waals surface area contributed by atoms with Gasteiger partial charge in [-0.05, 0) is 24.6 Å². The van der Waals surface area contributed by atoms with E-state index in [1.54, 1.807) is 25.2 Å². The van der Waals surface area contributed by atoms with Gasteiger partial charge in [0.1, 0.15) is 0 Å². The summed E-state index contributed by atoms with van der Waals surface area (Å²) in [7, 11) is 1.62. The summed E-state index contributed by atoms with van der Waals surface area (Å²) in [5.41, 5.74) is 7.79. The molecule has 1 aromatic rings. The number of carbonyl (C=O) groups excluding carboxylic acids is 1. The summed E-state index contributed by atoms with van der Waals surface area (Å²) in [6, 6.07) is 5.26. The number of nitrogen functional groups attached to an aromatic ring is 1. The number of nitrogens with two attached hydrogens (primary N) is 1. The highest BCUT2D eigenvalue weighted by atomic mass is 16.1. The fourth-order valence-electron chi connectivity index (χ4n) is 1.44. The lowest BCUT2D eigenvalue weighted by Crippen LogP contribution is -2.20. The summed E-state index contributed by atoms with van der Waals surface area (Å²) in [5, 5.41) is 5.84. The lowest BCUT2D eigenvalue weighted by Gasteiger charge is -2.11. The zero-order valence-corrected chi connectivity index (χ0v) is 9.84. The molecule has 0 aliphatic rings. The van der Waals surface area contributed by atoms with Crippen molar-refractivity contribution in [3.05, 3.63) is 23.8 Å². The molecular formula is C12H19N3O. The number of amides is 1. The van der Waals surface area contributed by atoms with E-state index < -0.39 is 0 Å². The molecule has 0 atom stereocenters. The molecule has 0 fully saturated rings. The summed E-state index contributed by atoms with van der Waals surface area (Å²) in [4.78, 5) is 11.6. The second-order valence-electron chi connectivity index (χ2n) is 3.66. The quantitative estimate of drug-likeness (QED) is 0.525. The average Bonchev–Trinajstić information content (AvgIpc) is 2.29. The van der Waals surface area contributed by atoms with Gasteiger partial charge in [-0.15, -0.1) is 0 Å². The number of benzene rings is 1. The van der Waals surface area contributed by atoms with Gasteiger partial charge < -0.3 is 16.4 Å². The molecule has 1 aromatic carbocycles. The minimum atomic E-state index is -0.0981. The van der Waals surface area contributed by atoms with Crippen molar-refractivity contribution in [1.82, 2.24) is 5.32 Å². The Balaban J connectivity index is 2.85. The Morgan fingerprint density at radius 2 is 2.19 bits per heavy atom. The summed E-state index contributed by atoms with van der Waals surface area (Å²) >= 11 is 0. The fourth-order valence-corrected chi connectivity index (χ4v) is 1.44. The van der Waals surface area contributed by atoms with Gasteiger partial charge in [0.25, 0.3) is 5.91 Å². The molecule has 4 heteroatoms. The van der Waals surface area contributed by atoms with Gasteiger partial charge in [-0.2, -0.15) is 0 Å². The zero-order valence-electron chi connectivity index (χ0n) is 9.84. The molecule has 0 saturated heterocycles. The normalized spacial score (nSPS) is 9.88. The molecule has 4 nitrogen and oxygen atoms in total. The van der Waals surface area contributed by atoms with Crippen molar-refractivity contribution in [3.63, 3.8) is 0 Å². The van der Waals surface area contributed by atoms with Gasteiger partial charge in [-0.1, -0.05) is 13.3 Å². The van der Waals surface area contributed by atoms with Crippen LogP contribution in [0.4, 0.5) is 11.4 Å². The van der Waals surface area contributed by atoms with E-state index in [0.29, 0.717) is 11.3 Å². The van der Waals surface area contributed by atoms with Gasteiger partial charge >= 0.3 is 0 Å². The predicted molar refractivity (Wildman–Crippen MR) is 67.6 cm³/mol. The summed E-state index contributed by atoms with van der Waals surface area (Å²) in [5.74, 6) is -0.0981. The first-order valence-electron chi connectivity index (χ1n) is 5.54. The third-order valence-electron chi connectivity index (χ3n) is 2.36. The lowest BCUT2D eigenvalue weighted by atomic mass is 10.1. The van der Waals surface area contributed by atoms with E-state index in [9.17, 15) is 4.79 Å². The molecule has 0 aromatic heterocycles. The van der Waals surface area contributed by atoms with Crippen LogP contribution in [0.1, 0.15) is 30.1 Å². The zero-order chi connectivity index (χ0) is 12.0. The first-order chi connectivity index (χ1) is 7.69. The van der Waals surface area contributed by atoms with Gasteiger partial charge in [0.05, 0.1) is 5.56 Å². The van der Waals surface area contributed by atoms with Crippen LogP contribution in [-0.4, -0.2) is 19.5 Å². The molecule has 0 spiro atoms. The standard InChI is InChI=1S/C12H19N3O/c1-3-4-7-15-11-8-9(13)5-6-10(11)12(16)14-2/h5-6,8,15H,3-4,7,13H2,1-2H3,(H,14,16). The third-order valence-corrected chi connectivity index (χ3v) is 2.36. The largest absolute Gasteiger partial charge is 0.399 e. The number of unbranched alkanes of at least 4 members (excludes halogenated alkanes) is 1. The summed E-state index contributed by atoms with van der Waals surface area (Å²) < 4.78 is 0. The van der Waals surface area contributed by atoms with Gasteiger partial charge in [-0.25, -0.2) is 0 Å². The second kappa shape index (κ2) is 6.00. The SMILES string of the molecule is CCCCNc1cc(N)ccc1C(=O)NC. The van der Waals surface area contributed by atoms with Crippen molar-refractivity contribution < 1.29 is 4.79 Å². The van der Waals surface area contributed by atoms with Crippen LogP contribution in [0.3, 0.4) is 0 Å². The molecule has 1 amide bonds. The van der Waals surface area contributed by atoms with Gasteiger partial charge in [-0.3, -0.25) is 4.79 Å². The topological polar surface area (TPSA) is 67.1 Å². The minimum Gasteiger partial charge on any atom is -0.399 e. The maximum atomic E-state index is 11.6. The Morgan fingerprint density at radius 3 is 2.81 bits per heavy atom. The Kier molecular flexibility index (Phi) is 4.64. The van der Waals surface area contributed by atoms with Crippen molar-refractivity contribution in [3.8, 4) is 0 Å². The number of hydrogen-bond donors (Lipinski definition) is 3. The smallest absolute Gasteiger partial charge is 0.253 e. The average molecular weight is 221 g/mol. The van der Waals surface area contributed by atoms with Crippen LogP contribution in [0.5, 0.6) is 0 Å². The number of rotatable bonds is 5. The molecule has 0 radical (unpaired) electrons. The van der Waals surface area contributed by atoms with E-state index in [-0.39, 0.29) is 5.91 Å². The second-order valence-corrected chi connectivity index (χ2v) is 3.66. The highest BCUT2D eigenvalue weighted by molar-refractivity contribution is 6.00. The number of nitrogens with one attached hydrogen (secondary N) is 2. The molecule has 0 heterocycles. The fraction of sp³-hybridized carbons (Fsp3) is 0.417. The van der Waals surface area contributed by atoms with Crippen molar-refractivity contribution in [2.24, 2.45) is 0 Å². The third kappa shape index (κ3) is 3.15. The molecule has 0 aliphatic heterocycles. The van der Waals surface area contributed by atoms with Crippen LogP contribution in [0, 0.1) is 0 Å². The maximum absolute atomic E-state index is 11.6. The lowest BCUT2D eigenvalue weighted by molar-refractivity contribution is 0.0964. The van der Waals surface area contributed by atoms with Crippen molar-refractivity contribution in [1.29, 1.82) is 0 Å². The monoisotopic (exact) mass is 221 g/mol. The van der Waals surface area contributed by atoms with Gasteiger partial charge in [0, 0.05) is 25.0 Å². The highest BCUT2D eigenvalue weighted by Crippen LogP contribution is 2.19. The molecule has 4 N–H and O–H groups in total. The van der Waals surface area contributed by atoms with E-state index in [2.05, 4.69) is 17.6 Å². The van der Waals surface area contributed by atoms with E-state index >= 15 is 0 Å². The molecule has 88 valence electrons. The van der Waals surface area contributed by atoms with Crippen LogP contribution in [0.25, 0.3) is 0 Å². The van der Waals surface area contributed by atoms with Crippen LogP contribution in [0.2, 0.25) is 0 Å². The summed E-state index contributed by atoms with van der Waals surface area (Å²) in [6.07, 6.45) is 2.19. The van der Waals surface area contributed by atoms with Gasteiger partial charge in [0.2, 0.25) is 0 Å². The minimum absolute atomic E-state index is 0.0981. The number of anilines is 2. The first kappa shape index (κ1) is 12.4. The number of carbonyl (C=O) groups is 1. The van der Waals surface area contributed by atoms with E-state index in [0.717, 1.165) is 25.1 Å². The van der Waals surface area contributed by atoms with E-state index in [1.807, 2.05) is 0 Å². The van der Waals surface area contributed by atoms with E-state index in [4.69, 9.17) is 5.73 Å². The molecule has 0 saturated carbocycles. The highest BCUT2D eigenvalue weighted by Gasteiger charge is 2.09. The number of hydrogen-bond acceptors (Lipinski definition) is 3. The molecular weight excluding hydrogens is 202 g/mol. The maximum Gasteiger partial charge on any atom is 0.253 e. The Morgan fingerprint density at radius 1 is 1.44 bits per heavy atom. The molecule has 1 rings (SSSR count). The Bertz CT molecular complexity index is 363. The van der Waals surface area contributed by atoms with Crippen molar-refractivity contribution in [2.75, 3.05) is 24.6 Å². The summed E-state index contributed by atoms with van der Waals surface area (Å²) in [6.45, 7) is 2.98. The van der Waals surface area contributed by atoms with Crippen LogP contribution in [-0.2, 0) is 0 Å². The van der Waals surface area contributed by atoms with Crippen LogP contribution in [0.15, 0.2) is 18.2 Å². The first-order valence-corrected chi connectivity index (χ1v) is 5.54. The van der Waals surface area contributed by atoms with Crippen LogP contribution < -0.4 is 16.4 Å². The van der Waals surface area contributed by atoms with Crippen molar-refractivity contribution >= 4 is 17.3 Å². The van der Waals surface area contributed by atoms with Crippen LogP contribution >= 0.6 is 0 Å². The molecule has 16 heavy (non-hydrogen) atoms.